The summed E-state index contributed by atoms with van der Waals surface area (Å²) in [4.78, 5) is 0. The van der Waals surface area contributed by atoms with Gasteiger partial charge in [0, 0.05) is 0 Å². The molecule has 0 unspecified atom stereocenters. The molecule has 0 heterocycles. The number of aryl methyl sites for hydroxylation is 1. The van der Waals surface area contributed by atoms with Crippen molar-refractivity contribution < 1.29 is 0 Å². The highest BCUT2D eigenvalue weighted by Crippen LogP contribution is 2.32. The van der Waals surface area contributed by atoms with Crippen molar-refractivity contribution in [1.82, 2.24) is 0 Å². The molecule has 8 aromatic rings. The smallest absolute Gasteiger partial charge is 0.0155 e. The van der Waals surface area contributed by atoms with Crippen LogP contribution in [0.2, 0.25) is 0 Å². The van der Waals surface area contributed by atoms with E-state index in [1.165, 1.54) is 83.5 Å². The molecule has 0 aromatic heterocycles. The first kappa shape index (κ1) is 30.1. The van der Waals surface area contributed by atoms with Crippen LogP contribution in [0.1, 0.15) is 5.56 Å². The summed E-state index contributed by atoms with van der Waals surface area (Å²) in [7, 11) is 0. The summed E-state index contributed by atoms with van der Waals surface area (Å²) in [5.41, 5.74) is 18.5. The fourth-order valence-electron chi connectivity index (χ4n) is 6.59. The Labute approximate surface area is 289 Å². The van der Waals surface area contributed by atoms with Gasteiger partial charge in [0.2, 0.25) is 0 Å². The van der Waals surface area contributed by atoms with Crippen LogP contribution in [-0.4, -0.2) is 0 Å². The molecule has 49 heavy (non-hydrogen) atoms. The first-order valence-corrected chi connectivity index (χ1v) is 16.8. The lowest BCUT2D eigenvalue weighted by atomic mass is 9.95. The second kappa shape index (κ2) is 13.5. The number of benzene rings is 8. The Bertz CT molecular complexity index is 2290. The second-order valence-corrected chi connectivity index (χ2v) is 12.6. The third-order valence-electron chi connectivity index (χ3n) is 9.48. The van der Waals surface area contributed by atoms with E-state index in [0.717, 1.165) is 0 Å². The Balaban J connectivity index is 0.921. The highest BCUT2D eigenvalue weighted by molar-refractivity contribution is 5.78. The van der Waals surface area contributed by atoms with Gasteiger partial charge in [-0.25, -0.2) is 0 Å². The molecule has 0 saturated carbocycles. The predicted molar refractivity (Wildman–Crippen MR) is 208 cm³/mol. The van der Waals surface area contributed by atoms with E-state index in [2.05, 4.69) is 195 Å². The van der Waals surface area contributed by atoms with E-state index < -0.39 is 0 Å². The minimum absolute atomic E-state index is 1.21. The van der Waals surface area contributed by atoms with Crippen molar-refractivity contribution in [2.45, 2.75) is 6.92 Å². The van der Waals surface area contributed by atoms with Crippen LogP contribution in [0, 0.1) is 13.0 Å². The maximum atomic E-state index is 3.09. The fourth-order valence-corrected chi connectivity index (χ4v) is 6.59. The van der Waals surface area contributed by atoms with Crippen LogP contribution in [0.3, 0.4) is 0 Å². The van der Waals surface area contributed by atoms with E-state index in [1.54, 1.807) is 0 Å². The van der Waals surface area contributed by atoms with Gasteiger partial charge in [-0.05, 0) is 96.4 Å². The third-order valence-corrected chi connectivity index (χ3v) is 9.48. The molecule has 0 saturated heterocycles. The van der Waals surface area contributed by atoms with Crippen LogP contribution < -0.4 is 0 Å². The highest BCUT2D eigenvalue weighted by Gasteiger charge is 2.07. The molecule has 0 amide bonds. The van der Waals surface area contributed by atoms with E-state index in [-0.39, 0.29) is 0 Å². The van der Waals surface area contributed by atoms with Gasteiger partial charge in [-0.2, -0.15) is 0 Å². The van der Waals surface area contributed by atoms with Crippen molar-refractivity contribution in [2.75, 3.05) is 0 Å². The number of hydrogen-bond acceptors (Lipinski definition) is 0. The lowest BCUT2D eigenvalue weighted by Crippen LogP contribution is -1.84. The van der Waals surface area contributed by atoms with Crippen LogP contribution in [0.15, 0.2) is 194 Å². The molecule has 8 aromatic carbocycles. The van der Waals surface area contributed by atoms with Crippen molar-refractivity contribution in [3.63, 3.8) is 0 Å². The van der Waals surface area contributed by atoms with Gasteiger partial charge in [-0.1, -0.05) is 194 Å². The van der Waals surface area contributed by atoms with Crippen LogP contribution in [0.25, 0.3) is 77.9 Å². The Hall–Kier alpha value is -6.24. The Morgan fingerprint density at radius 3 is 0.735 bits per heavy atom. The molecular formula is C49H35. The van der Waals surface area contributed by atoms with Gasteiger partial charge < -0.3 is 0 Å². The molecule has 1 radical (unpaired) electrons. The topological polar surface area (TPSA) is 0 Å². The summed E-state index contributed by atoms with van der Waals surface area (Å²) in [6, 6.07) is 72.9. The average molecular weight is 624 g/mol. The molecule has 0 N–H and O–H groups in total. The van der Waals surface area contributed by atoms with E-state index >= 15 is 0 Å². The summed E-state index contributed by atoms with van der Waals surface area (Å²) < 4.78 is 0. The van der Waals surface area contributed by atoms with E-state index in [4.69, 9.17) is 0 Å². The molecule has 0 aliphatic carbocycles. The minimum Gasteiger partial charge on any atom is -0.0620 e. The molecule has 8 rings (SSSR count). The largest absolute Gasteiger partial charge is 0.0620 e. The maximum Gasteiger partial charge on any atom is -0.0155 e. The van der Waals surface area contributed by atoms with Gasteiger partial charge in [0.1, 0.15) is 0 Å². The summed E-state index contributed by atoms with van der Waals surface area (Å²) >= 11 is 0. The minimum atomic E-state index is 1.21. The first-order chi connectivity index (χ1) is 24.2. The van der Waals surface area contributed by atoms with Gasteiger partial charge in [0.25, 0.3) is 0 Å². The van der Waals surface area contributed by atoms with Crippen molar-refractivity contribution in [3.05, 3.63) is 206 Å². The normalized spacial score (nSPS) is 11.0. The molecular weight excluding hydrogens is 589 g/mol. The Morgan fingerprint density at radius 2 is 0.469 bits per heavy atom. The summed E-state index contributed by atoms with van der Waals surface area (Å²) in [5.74, 6) is 0. The van der Waals surface area contributed by atoms with Gasteiger partial charge in [-0.15, -0.1) is 0 Å². The molecule has 0 fully saturated rings. The lowest BCUT2D eigenvalue weighted by Gasteiger charge is -2.09. The maximum absolute atomic E-state index is 3.09. The summed E-state index contributed by atoms with van der Waals surface area (Å²) in [5, 5.41) is 0. The van der Waals surface area contributed by atoms with Crippen LogP contribution in [-0.2, 0) is 0 Å². The van der Waals surface area contributed by atoms with Crippen molar-refractivity contribution in [1.29, 1.82) is 0 Å². The molecule has 231 valence electrons. The summed E-state index contributed by atoms with van der Waals surface area (Å²) in [6.45, 7) is 2.16. The van der Waals surface area contributed by atoms with E-state index in [9.17, 15) is 0 Å². The standard InChI is InChI=1S/C49H35/c1-35-7-5-6-10-49(35)48-33-31-47(32-34-48)46-29-27-45(28-30-46)44-25-23-43(24-26-44)42-21-19-41(20-22-42)40-17-15-39(16-18-40)38-13-11-37(12-14-38)36-8-3-2-4-9-36/h3-34H,1H3. The first-order valence-electron chi connectivity index (χ1n) is 16.8. The average Bonchev–Trinajstić information content (AvgIpc) is 3.19. The third kappa shape index (κ3) is 6.50. The highest BCUT2D eigenvalue weighted by atomic mass is 14.1. The zero-order valence-electron chi connectivity index (χ0n) is 27.5. The lowest BCUT2D eigenvalue weighted by molar-refractivity contribution is 1.46. The van der Waals surface area contributed by atoms with Crippen LogP contribution >= 0.6 is 0 Å². The van der Waals surface area contributed by atoms with Crippen LogP contribution in [0.4, 0.5) is 0 Å². The molecule has 0 spiro atoms. The second-order valence-electron chi connectivity index (χ2n) is 12.6. The molecule has 0 bridgehead atoms. The SMILES string of the molecule is Cc1ccccc1-c1ccc(-c2ccc(-c3ccc(-c4ccc(-c5ccc(-c6ccc(-c7cc[c]cc7)cc6)cc5)cc4)cc3)cc2)cc1. The number of rotatable bonds is 7. The quantitative estimate of drug-likeness (QED) is 0.166. The summed E-state index contributed by atoms with van der Waals surface area (Å²) in [6.07, 6.45) is 0. The number of hydrogen-bond donors (Lipinski definition) is 0. The predicted octanol–water partition coefficient (Wildman–Crippen LogP) is 13.5. The van der Waals surface area contributed by atoms with Gasteiger partial charge >= 0.3 is 0 Å². The zero-order valence-corrected chi connectivity index (χ0v) is 27.5. The molecule has 0 atom stereocenters. The fraction of sp³-hybridized carbons (Fsp3) is 0.0204. The van der Waals surface area contributed by atoms with Gasteiger partial charge in [-0.3, -0.25) is 0 Å². The molecule has 0 aliphatic rings. The molecule has 0 nitrogen and oxygen atoms in total. The van der Waals surface area contributed by atoms with E-state index in [1.807, 2.05) is 12.1 Å². The zero-order chi connectivity index (χ0) is 33.0. The van der Waals surface area contributed by atoms with Crippen molar-refractivity contribution >= 4 is 0 Å². The van der Waals surface area contributed by atoms with Crippen molar-refractivity contribution in [2.24, 2.45) is 0 Å². The van der Waals surface area contributed by atoms with Gasteiger partial charge in [0.15, 0.2) is 0 Å². The van der Waals surface area contributed by atoms with Crippen LogP contribution in [0.5, 0.6) is 0 Å². The molecule has 0 heteroatoms. The van der Waals surface area contributed by atoms with Crippen molar-refractivity contribution in [3.8, 4) is 77.9 Å². The van der Waals surface area contributed by atoms with Gasteiger partial charge in [0.05, 0.1) is 0 Å². The Morgan fingerprint density at radius 1 is 0.245 bits per heavy atom. The Kier molecular flexibility index (Phi) is 8.28. The van der Waals surface area contributed by atoms with E-state index in [0.29, 0.717) is 0 Å². The monoisotopic (exact) mass is 623 g/mol. The molecule has 0 aliphatic heterocycles.